The molecule has 232 valence electrons. The molecule has 5 atom stereocenters. The molecule has 3 aliphatic rings. The number of aliphatic hydroxyl groups is 1. The predicted octanol–water partition coefficient (Wildman–Crippen LogP) is 4.05. The summed E-state index contributed by atoms with van der Waals surface area (Å²) in [5.41, 5.74) is 0.303. The second-order valence-corrected chi connectivity index (χ2v) is 11.8. The maximum atomic E-state index is 14.1. The Bertz CT molecular complexity index is 1310. The molecule has 2 aromatic carbocycles. The second kappa shape index (κ2) is 12.5. The smallest absolute Gasteiger partial charge is 0.250 e. The zero-order valence-corrected chi connectivity index (χ0v) is 25.6. The molecule has 5 rings (SSSR count). The van der Waals surface area contributed by atoms with Crippen LogP contribution in [0.5, 0.6) is 5.75 Å². The number of hydrogen-bond acceptors (Lipinski definition) is 7. The predicted molar refractivity (Wildman–Crippen MR) is 165 cm³/mol. The molecular formula is C33H44N4O6. The zero-order valence-electron chi connectivity index (χ0n) is 25.6. The molecule has 10 heteroatoms. The van der Waals surface area contributed by atoms with E-state index in [2.05, 4.69) is 29.4 Å². The summed E-state index contributed by atoms with van der Waals surface area (Å²) in [7, 11) is 0. The van der Waals surface area contributed by atoms with E-state index < -0.39 is 29.1 Å². The number of amides is 3. The summed E-state index contributed by atoms with van der Waals surface area (Å²) in [5.74, 6) is -1.71. The van der Waals surface area contributed by atoms with E-state index in [1.807, 2.05) is 38.1 Å². The van der Waals surface area contributed by atoms with E-state index in [9.17, 15) is 19.5 Å². The van der Waals surface area contributed by atoms with Crippen molar-refractivity contribution in [1.82, 2.24) is 4.90 Å². The normalized spacial score (nSPS) is 27.2. The minimum absolute atomic E-state index is 0.00591. The van der Waals surface area contributed by atoms with Gasteiger partial charge in [0, 0.05) is 43.3 Å². The van der Waals surface area contributed by atoms with E-state index in [1.54, 1.807) is 29.2 Å². The number of likely N-dealkylation sites (tertiary alicyclic amines) is 1. The topological polar surface area (TPSA) is 120 Å². The van der Waals surface area contributed by atoms with Gasteiger partial charge in [0.1, 0.15) is 17.4 Å². The van der Waals surface area contributed by atoms with E-state index in [1.165, 1.54) is 0 Å². The first-order valence-corrected chi connectivity index (χ1v) is 15.5. The third-order valence-corrected chi connectivity index (χ3v) is 9.31. The number of aliphatic hydroxyl groups excluding tert-OH is 1. The first-order valence-electron chi connectivity index (χ1n) is 15.5. The molecule has 1 spiro atoms. The van der Waals surface area contributed by atoms with Gasteiger partial charge in [0.15, 0.2) is 0 Å². The Hall–Kier alpha value is -3.63. The fraction of sp³-hybridized carbons (Fsp3) is 0.545. The SMILES string of the molecule is CCOc1ccc(NC(=O)[C@H]2[C@H]3C(=O)N(CCCCO)C(C(=O)Nc4ccc(N(CC)CC)cc4)C34CC[C@]2(C)O4)cc1. The zero-order chi connectivity index (χ0) is 30.8. The Labute approximate surface area is 253 Å². The minimum atomic E-state index is -1.11. The Morgan fingerprint density at radius 3 is 2.21 bits per heavy atom. The van der Waals surface area contributed by atoms with Crippen molar-refractivity contribution >= 4 is 34.8 Å². The molecule has 0 radical (unpaired) electrons. The van der Waals surface area contributed by atoms with Crippen LogP contribution in [0.3, 0.4) is 0 Å². The Morgan fingerprint density at radius 1 is 0.977 bits per heavy atom. The molecule has 3 heterocycles. The standard InChI is InChI=1S/C33H44N4O6/c1-5-36(6-2)24-14-10-22(11-15-24)35-30(40)28-33-19-18-32(4,43-33)26(27(33)31(41)37(28)20-8-9-21-38)29(39)34-23-12-16-25(17-13-23)42-7-3/h10-17,26-28,38H,5-9,18-21H2,1-4H3,(H,34,39)(H,35,40)/t26-,27+,28?,32+,33?/m1/s1. The fourth-order valence-corrected chi connectivity index (χ4v) is 7.34. The Morgan fingerprint density at radius 2 is 1.60 bits per heavy atom. The summed E-state index contributed by atoms with van der Waals surface area (Å²) in [6, 6.07) is 13.9. The number of rotatable bonds is 13. The largest absolute Gasteiger partial charge is 0.494 e. The molecular weight excluding hydrogens is 548 g/mol. The minimum Gasteiger partial charge on any atom is -0.494 e. The summed E-state index contributed by atoms with van der Waals surface area (Å²) < 4.78 is 12.2. The molecule has 2 bridgehead atoms. The summed E-state index contributed by atoms with van der Waals surface area (Å²) in [4.78, 5) is 45.9. The molecule has 3 saturated heterocycles. The third kappa shape index (κ3) is 5.58. The number of carbonyl (C=O) groups excluding carboxylic acids is 3. The molecule has 3 aliphatic heterocycles. The molecule has 0 aromatic heterocycles. The van der Waals surface area contributed by atoms with Crippen LogP contribution in [0.2, 0.25) is 0 Å². The maximum Gasteiger partial charge on any atom is 0.250 e. The van der Waals surface area contributed by atoms with Crippen LogP contribution in [-0.2, 0) is 19.1 Å². The maximum absolute atomic E-state index is 14.1. The van der Waals surface area contributed by atoms with Gasteiger partial charge in [0.2, 0.25) is 17.7 Å². The van der Waals surface area contributed by atoms with Gasteiger partial charge in [-0.05, 0) is 102 Å². The average molecular weight is 593 g/mol. The van der Waals surface area contributed by atoms with E-state index in [-0.39, 0.29) is 24.3 Å². The first-order chi connectivity index (χ1) is 20.7. The number of nitrogens with one attached hydrogen (secondary N) is 2. The van der Waals surface area contributed by atoms with Gasteiger partial charge >= 0.3 is 0 Å². The highest BCUT2D eigenvalue weighted by molar-refractivity contribution is 6.05. The van der Waals surface area contributed by atoms with Gasteiger partial charge < -0.3 is 35.0 Å². The van der Waals surface area contributed by atoms with Crippen molar-refractivity contribution in [3.63, 3.8) is 0 Å². The number of ether oxygens (including phenoxy) is 2. The molecule has 0 aliphatic carbocycles. The number of hydrogen-bond donors (Lipinski definition) is 3. The van der Waals surface area contributed by atoms with Crippen molar-refractivity contribution < 1.29 is 29.0 Å². The van der Waals surface area contributed by atoms with Gasteiger partial charge in [-0.2, -0.15) is 0 Å². The lowest BCUT2D eigenvalue weighted by Gasteiger charge is -2.33. The highest BCUT2D eigenvalue weighted by Gasteiger charge is 2.77. The van der Waals surface area contributed by atoms with Crippen molar-refractivity contribution in [2.24, 2.45) is 11.8 Å². The lowest BCUT2D eigenvalue weighted by Crippen LogP contribution is -2.53. The van der Waals surface area contributed by atoms with E-state index >= 15 is 0 Å². The molecule has 43 heavy (non-hydrogen) atoms. The van der Waals surface area contributed by atoms with Crippen LogP contribution < -0.4 is 20.3 Å². The lowest BCUT2D eigenvalue weighted by atomic mass is 9.66. The summed E-state index contributed by atoms with van der Waals surface area (Å²) in [6.07, 6.45) is 2.10. The molecule has 10 nitrogen and oxygen atoms in total. The van der Waals surface area contributed by atoms with Crippen LogP contribution in [0.25, 0.3) is 0 Å². The van der Waals surface area contributed by atoms with Crippen molar-refractivity contribution in [2.45, 2.75) is 70.6 Å². The van der Waals surface area contributed by atoms with Crippen LogP contribution >= 0.6 is 0 Å². The summed E-state index contributed by atoms with van der Waals surface area (Å²) in [5, 5.41) is 15.4. The van der Waals surface area contributed by atoms with Gasteiger partial charge in [-0.15, -0.1) is 0 Å². The number of anilines is 3. The van der Waals surface area contributed by atoms with Gasteiger partial charge in [-0.3, -0.25) is 14.4 Å². The van der Waals surface area contributed by atoms with Crippen LogP contribution in [0.4, 0.5) is 17.1 Å². The van der Waals surface area contributed by atoms with Gasteiger partial charge in [-0.25, -0.2) is 0 Å². The fourth-order valence-electron chi connectivity index (χ4n) is 7.34. The number of carbonyl (C=O) groups is 3. The van der Waals surface area contributed by atoms with Gasteiger partial charge in [0.25, 0.3) is 0 Å². The molecule has 0 saturated carbocycles. The molecule has 3 fully saturated rings. The number of benzene rings is 2. The highest BCUT2D eigenvalue weighted by atomic mass is 16.5. The summed E-state index contributed by atoms with van der Waals surface area (Å²) in [6.45, 7) is 10.6. The van der Waals surface area contributed by atoms with Crippen molar-refractivity contribution in [3.8, 4) is 5.75 Å². The van der Waals surface area contributed by atoms with Crippen molar-refractivity contribution in [1.29, 1.82) is 0 Å². The molecule has 3 amide bonds. The Balaban J connectivity index is 1.41. The van der Waals surface area contributed by atoms with Crippen molar-refractivity contribution in [3.05, 3.63) is 48.5 Å². The number of fused-ring (bicyclic) bond motifs is 1. The van der Waals surface area contributed by atoms with E-state index in [4.69, 9.17) is 9.47 Å². The van der Waals surface area contributed by atoms with E-state index in [0.29, 0.717) is 56.0 Å². The van der Waals surface area contributed by atoms with Crippen LogP contribution in [0.15, 0.2) is 48.5 Å². The Kier molecular flexibility index (Phi) is 8.99. The molecule has 2 unspecified atom stereocenters. The van der Waals surface area contributed by atoms with Crippen molar-refractivity contribution in [2.75, 3.05) is 48.4 Å². The summed E-state index contributed by atoms with van der Waals surface area (Å²) >= 11 is 0. The number of nitrogens with zero attached hydrogens (tertiary/aromatic N) is 2. The quantitative estimate of drug-likeness (QED) is 0.300. The second-order valence-electron chi connectivity index (χ2n) is 11.8. The monoisotopic (exact) mass is 592 g/mol. The average Bonchev–Trinajstić information content (AvgIpc) is 3.56. The van der Waals surface area contributed by atoms with Crippen LogP contribution in [0, 0.1) is 11.8 Å². The van der Waals surface area contributed by atoms with Gasteiger partial charge in [0.05, 0.1) is 24.0 Å². The van der Waals surface area contributed by atoms with Crippen LogP contribution in [-0.4, -0.2) is 77.8 Å². The van der Waals surface area contributed by atoms with E-state index in [0.717, 1.165) is 18.8 Å². The molecule has 2 aromatic rings. The molecule has 3 N–H and O–H groups in total. The van der Waals surface area contributed by atoms with Crippen LogP contribution in [0.1, 0.15) is 53.4 Å². The third-order valence-electron chi connectivity index (χ3n) is 9.31. The number of unbranched alkanes of at least 4 members (excludes halogenated alkanes) is 1. The van der Waals surface area contributed by atoms with Gasteiger partial charge in [-0.1, -0.05) is 0 Å². The highest BCUT2D eigenvalue weighted by Crippen LogP contribution is 2.63. The first kappa shape index (κ1) is 30.8. The lowest BCUT2D eigenvalue weighted by molar-refractivity contribution is -0.143.